The summed E-state index contributed by atoms with van der Waals surface area (Å²) in [5.74, 6) is -1.42. The molecule has 2 aromatic rings. The fraction of sp³-hybridized carbons (Fsp3) is 0.300. The highest BCUT2D eigenvalue weighted by atomic mass is 35.5. The van der Waals surface area contributed by atoms with Crippen LogP contribution in [0.4, 0.5) is 0 Å². The maximum atomic E-state index is 12.1. The quantitative estimate of drug-likeness (QED) is 0.454. The van der Waals surface area contributed by atoms with Crippen molar-refractivity contribution in [2.75, 3.05) is 13.7 Å². The number of carbonyl (C=O) groups excluding carboxylic acids is 2. The number of hydrogen-bond donors (Lipinski definition) is 3. The molecule has 8 heteroatoms. The zero-order chi connectivity index (χ0) is 19.8. The van der Waals surface area contributed by atoms with Crippen molar-refractivity contribution in [3.63, 3.8) is 0 Å². The number of phenolic OH excluding ortho intramolecular Hbond substituents is 2. The van der Waals surface area contributed by atoms with E-state index in [9.17, 15) is 19.8 Å². The first-order valence-electron chi connectivity index (χ1n) is 8.48. The fourth-order valence-electron chi connectivity index (χ4n) is 2.49. The lowest BCUT2D eigenvalue weighted by Crippen LogP contribution is -2.43. The number of rotatable bonds is 8. The standard InChI is InChI=1S/C20H23NO6.ClH/c1-13(27-19(24)15-6-4-3-5-7-15)12-21-16(20(25)26-2)10-14-8-9-17(22)18(23)11-14;/h3-9,11,13,16,21-23H,10,12H2,1-2H3;1H/t13?,16-;/m0./s1. The van der Waals surface area contributed by atoms with Crippen LogP contribution < -0.4 is 5.32 Å². The number of nitrogens with one attached hydrogen (secondary N) is 1. The highest BCUT2D eigenvalue weighted by Crippen LogP contribution is 2.25. The summed E-state index contributed by atoms with van der Waals surface area (Å²) >= 11 is 0. The van der Waals surface area contributed by atoms with Gasteiger partial charge in [0.15, 0.2) is 11.5 Å². The molecule has 0 aliphatic heterocycles. The first-order chi connectivity index (χ1) is 12.9. The third-order valence-electron chi connectivity index (χ3n) is 3.93. The van der Waals surface area contributed by atoms with E-state index in [2.05, 4.69) is 5.32 Å². The first kappa shape index (κ1) is 23.3. The first-order valence-corrected chi connectivity index (χ1v) is 8.48. The number of methoxy groups -OCH3 is 1. The highest BCUT2D eigenvalue weighted by molar-refractivity contribution is 5.89. The number of aromatic hydroxyl groups is 2. The minimum absolute atomic E-state index is 0. The Morgan fingerprint density at radius 3 is 2.36 bits per heavy atom. The van der Waals surface area contributed by atoms with Crippen LogP contribution in [0, 0.1) is 0 Å². The molecule has 0 aliphatic carbocycles. The molecule has 0 heterocycles. The molecule has 0 saturated heterocycles. The van der Waals surface area contributed by atoms with Gasteiger partial charge < -0.3 is 25.0 Å². The molecule has 0 bridgehead atoms. The summed E-state index contributed by atoms with van der Waals surface area (Å²) in [5, 5.41) is 22.0. The van der Waals surface area contributed by atoms with Crippen LogP contribution in [0.2, 0.25) is 0 Å². The van der Waals surface area contributed by atoms with Gasteiger partial charge in [-0.2, -0.15) is 0 Å². The molecule has 0 fully saturated rings. The van der Waals surface area contributed by atoms with Gasteiger partial charge in [-0.15, -0.1) is 12.4 Å². The molecule has 1 unspecified atom stereocenters. The molecule has 0 amide bonds. The smallest absolute Gasteiger partial charge is 0.338 e. The molecule has 152 valence electrons. The van der Waals surface area contributed by atoms with Gasteiger partial charge in [0.25, 0.3) is 0 Å². The van der Waals surface area contributed by atoms with E-state index in [0.29, 0.717) is 11.1 Å². The summed E-state index contributed by atoms with van der Waals surface area (Å²) in [6.45, 7) is 1.96. The van der Waals surface area contributed by atoms with Crippen LogP contribution in [-0.2, 0) is 20.7 Å². The molecule has 0 aromatic heterocycles. The van der Waals surface area contributed by atoms with E-state index in [1.165, 1.54) is 19.2 Å². The second kappa shape index (κ2) is 11.2. The van der Waals surface area contributed by atoms with Crippen molar-refractivity contribution in [3.05, 3.63) is 59.7 Å². The van der Waals surface area contributed by atoms with Gasteiger partial charge in [0.2, 0.25) is 0 Å². The summed E-state index contributed by atoms with van der Waals surface area (Å²) in [4.78, 5) is 24.1. The van der Waals surface area contributed by atoms with E-state index in [1.807, 2.05) is 6.07 Å². The normalized spacial score (nSPS) is 12.4. The third-order valence-corrected chi connectivity index (χ3v) is 3.93. The molecule has 0 aliphatic rings. The molecule has 2 aromatic carbocycles. The number of ether oxygens (including phenoxy) is 2. The van der Waals surface area contributed by atoms with Crippen molar-refractivity contribution >= 4 is 24.3 Å². The summed E-state index contributed by atoms with van der Waals surface area (Å²) in [5.41, 5.74) is 1.09. The number of esters is 2. The lowest BCUT2D eigenvalue weighted by Gasteiger charge is -2.20. The number of benzene rings is 2. The molecular weight excluding hydrogens is 386 g/mol. The van der Waals surface area contributed by atoms with Crippen molar-refractivity contribution in [1.29, 1.82) is 0 Å². The molecular formula is C20H24ClNO6. The third kappa shape index (κ3) is 6.75. The molecule has 2 atom stereocenters. The average molecular weight is 410 g/mol. The van der Waals surface area contributed by atoms with Crippen LogP contribution in [0.1, 0.15) is 22.8 Å². The number of carbonyl (C=O) groups is 2. The van der Waals surface area contributed by atoms with Crippen LogP contribution >= 0.6 is 12.4 Å². The van der Waals surface area contributed by atoms with E-state index in [0.717, 1.165) is 0 Å². The predicted octanol–water partition coefficient (Wildman–Crippen LogP) is 2.44. The van der Waals surface area contributed by atoms with Crippen molar-refractivity contribution in [2.24, 2.45) is 0 Å². The molecule has 3 N–H and O–H groups in total. The van der Waals surface area contributed by atoms with Crippen molar-refractivity contribution in [3.8, 4) is 11.5 Å². The van der Waals surface area contributed by atoms with Gasteiger partial charge in [0.05, 0.1) is 12.7 Å². The lowest BCUT2D eigenvalue weighted by atomic mass is 10.0. The largest absolute Gasteiger partial charge is 0.504 e. The monoisotopic (exact) mass is 409 g/mol. The summed E-state index contributed by atoms with van der Waals surface area (Å²) in [7, 11) is 1.28. The van der Waals surface area contributed by atoms with Crippen molar-refractivity contribution < 1.29 is 29.3 Å². The highest BCUT2D eigenvalue weighted by Gasteiger charge is 2.21. The second-order valence-electron chi connectivity index (χ2n) is 6.09. The Morgan fingerprint density at radius 2 is 1.75 bits per heavy atom. The predicted molar refractivity (Wildman–Crippen MR) is 106 cm³/mol. The van der Waals surface area contributed by atoms with E-state index in [1.54, 1.807) is 37.3 Å². The molecule has 2 rings (SSSR count). The fourth-order valence-corrected chi connectivity index (χ4v) is 2.49. The Labute approximate surface area is 169 Å². The van der Waals surface area contributed by atoms with E-state index in [4.69, 9.17) is 9.47 Å². The van der Waals surface area contributed by atoms with Gasteiger partial charge in [0.1, 0.15) is 12.1 Å². The minimum atomic E-state index is -0.697. The zero-order valence-electron chi connectivity index (χ0n) is 15.6. The maximum Gasteiger partial charge on any atom is 0.338 e. The average Bonchev–Trinajstić information content (AvgIpc) is 2.67. The molecule has 28 heavy (non-hydrogen) atoms. The Kier molecular flexibility index (Phi) is 9.27. The van der Waals surface area contributed by atoms with Gasteiger partial charge in [-0.1, -0.05) is 24.3 Å². The molecule has 7 nitrogen and oxygen atoms in total. The maximum absolute atomic E-state index is 12.1. The SMILES string of the molecule is COC(=O)[C@H](Cc1ccc(O)c(O)c1)NCC(C)OC(=O)c1ccccc1.Cl. The van der Waals surface area contributed by atoms with Gasteiger partial charge in [-0.05, 0) is 43.2 Å². The number of hydrogen-bond acceptors (Lipinski definition) is 7. The topological polar surface area (TPSA) is 105 Å². The van der Waals surface area contributed by atoms with Crippen LogP contribution in [-0.4, -0.2) is 48.0 Å². The molecule has 0 radical (unpaired) electrons. The van der Waals surface area contributed by atoms with Crippen molar-refractivity contribution in [2.45, 2.75) is 25.5 Å². The van der Waals surface area contributed by atoms with Gasteiger partial charge in [0, 0.05) is 6.54 Å². The van der Waals surface area contributed by atoms with Crippen LogP contribution in [0.15, 0.2) is 48.5 Å². The Balaban J connectivity index is 0.00000392. The number of phenols is 2. The van der Waals surface area contributed by atoms with Crippen LogP contribution in [0.5, 0.6) is 11.5 Å². The van der Waals surface area contributed by atoms with Gasteiger partial charge in [-0.3, -0.25) is 4.79 Å². The molecule has 0 saturated carbocycles. The summed E-state index contributed by atoms with van der Waals surface area (Å²) in [6, 6.07) is 12.3. The molecule has 0 spiro atoms. The van der Waals surface area contributed by atoms with Gasteiger partial charge >= 0.3 is 11.9 Å². The van der Waals surface area contributed by atoms with Crippen LogP contribution in [0.3, 0.4) is 0 Å². The Bertz CT molecular complexity index is 784. The zero-order valence-corrected chi connectivity index (χ0v) is 16.4. The van der Waals surface area contributed by atoms with Gasteiger partial charge in [-0.25, -0.2) is 4.79 Å². The minimum Gasteiger partial charge on any atom is -0.504 e. The van der Waals surface area contributed by atoms with E-state index in [-0.39, 0.29) is 36.9 Å². The van der Waals surface area contributed by atoms with E-state index < -0.39 is 24.1 Å². The summed E-state index contributed by atoms with van der Waals surface area (Å²) < 4.78 is 10.2. The summed E-state index contributed by atoms with van der Waals surface area (Å²) in [6.07, 6.45) is -0.238. The van der Waals surface area contributed by atoms with Crippen molar-refractivity contribution in [1.82, 2.24) is 5.32 Å². The van der Waals surface area contributed by atoms with E-state index >= 15 is 0 Å². The van der Waals surface area contributed by atoms with Crippen LogP contribution in [0.25, 0.3) is 0 Å². The second-order valence-corrected chi connectivity index (χ2v) is 6.09. The Hall–Kier alpha value is -2.77. The Morgan fingerprint density at radius 1 is 1.07 bits per heavy atom. The number of halogens is 1. The lowest BCUT2D eigenvalue weighted by molar-refractivity contribution is -0.143.